The largest absolute Gasteiger partial charge is 0.307 e. The number of benzene rings is 1. The Bertz CT molecular complexity index is 812. The molecule has 0 saturated carbocycles. The summed E-state index contributed by atoms with van der Waals surface area (Å²) in [5.74, 6) is 0.824. The lowest BCUT2D eigenvalue weighted by molar-refractivity contribution is -0.124. The minimum absolute atomic E-state index is 0.108. The Morgan fingerprint density at radius 3 is 2.50 bits per heavy atom. The Morgan fingerprint density at radius 2 is 1.79 bits per heavy atom. The first-order chi connectivity index (χ1) is 11.5. The number of aromatic nitrogens is 4. The van der Waals surface area contributed by atoms with E-state index < -0.39 is 5.41 Å². The highest BCUT2D eigenvalue weighted by Crippen LogP contribution is 2.24. The van der Waals surface area contributed by atoms with Gasteiger partial charge in [0.25, 0.3) is 0 Å². The predicted molar refractivity (Wildman–Crippen MR) is 92.2 cm³/mol. The number of nitrogens with zero attached hydrogens (tertiary/aromatic N) is 3. The zero-order valence-corrected chi connectivity index (χ0v) is 13.7. The fraction of sp³-hybridized carbons (Fsp3) is 0.222. The average Bonchev–Trinajstić information content (AvgIpc) is 3.05. The van der Waals surface area contributed by atoms with Crippen molar-refractivity contribution in [2.75, 3.05) is 5.32 Å². The smallest absolute Gasteiger partial charge is 0.232 e. The molecular formula is C18H19N5O. The molecule has 0 radical (unpaired) electrons. The van der Waals surface area contributed by atoms with Gasteiger partial charge in [-0.15, -0.1) is 10.2 Å². The molecule has 0 fully saturated rings. The molecule has 0 bridgehead atoms. The number of amides is 1. The lowest BCUT2D eigenvalue weighted by atomic mass is 9.85. The fourth-order valence-electron chi connectivity index (χ4n) is 2.42. The van der Waals surface area contributed by atoms with Crippen molar-refractivity contribution in [1.29, 1.82) is 0 Å². The second-order valence-corrected chi connectivity index (χ2v) is 6.26. The third-order valence-electron chi connectivity index (χ3n) is 3.78. The van der Waals surface area contributed by atoms with Crippen molar-refractivity contribution in [2.24, 2.45) is 5.41 Å². The van der Waals surface area contributed by atoms with Crippen molar-refractivity contribution < 1.29 is 4.79 Å². The first-order valence-electron chi connectivity index (χ1n) is 7.73. The van der Waals surface area contributed by atoms with Crippen LogP contribution in [0.3, 0.4) is 0 Å². The molecule has 122 valence electrons. The lowest BCUT2D eigenvalue weighted by Crippen LogP contribution is -2.33. The number of carbonyl (C=O) groups excluding carboxylic acids is 1. The van der Waals surface area contributed by atoms with Gasteiger partial charge in [-0.05, 0) is 24.1 Å². The number of aromatic amines is 1. The maximum Gasteiger partial charge on any atom is 0.232 e. The van der Waals surface area contributed by atoms with Crippen LogP contribution in [0.4, 0.5) is 5.95 Å². The second kappa shape index (κ2) is 6.62. The van der Waals surface area contributed by atoms with E-state index in [1.54, 1.807) is 12.4 Å². The molecule has 1 aromatic carbocycles. The lowest BCUT2D eigenvalue weighted by Gasteiger charge is -2.22. The van der Waals surface area contributed by atoms with Gasteiger partial charge in [0.05, 0.1) is 0 Å². The minimum atomic E-state index is -0.565. The number of anilines is 1. The number of rotatable bonds is 5. The molecule has 0 saturated heterocycles. The summed E-state index contributed by atoms with van der Waals surface area (Å²) in [6.45, 7) is 3.82. The van der Waals surface area contributed by atoms with Crippen LogP contribution in [0, 0.1) is 5.41 Å². The average molecular weight is 321 g/mol. The van der Waals surface area contributed by atoms with Crippen molar-refractivity contribution in [2.45, 2.75) is 20.3 Å². The van der Waals surface area contributed by atoms with Crippen molar-refractivity contribution in [3.05, 3.63) is 60.4 Å². The van der Waals surface area contributed by atoms with Crippen LogP contribution in [0.15, 0.2) is 54.9 Å². The minimum Gasteiger partial charge on any atom is -0.307 e. The Labute approximate surface area is 140 Å². The molecule has 6 heteroatoms. The van der Waals surface area contributed by atoms with E-state index in [1.165, 1.54) is 0 Å². The predicted octanol–water partition coefficient (Wildman–Crippen LogP) is 3.07. The van der Waals surface area contributed by atoms with Gasteiger partial charge in [0.15, 0.2) is 5.82 Å². The molecule has 3 rings (SSSR count). The number of carbonyl (C=O) groups is 1. The number of hydrogen-bond acceptors (Lipinski definition) is 4. The fourth-order valence-corrected chi connectivity index (χ4v) is 2.42. The molecule has 2 N–H and O–H groups in total. The van der Waals surface area contributed by atoms with Gasteiger partial charge in [0.1, 0.15) is 0 Å². The van der Waals surface area contributed by atoms with Crippen LogP contribution in [0.1, 0.15) is 19.4 Å². The van der Waals surface area contributed by atoms with Gasteiger partial charge in [0.2, 0.25) is 11.9 Å². The zero-order chi connectivity index (χ0) is 17.0. The monoisotopic (exact) mass is 321 g/mol. The van der Waals surface area contributed by atoms with E-state index in [1.807, 2.05) is 56.3 Å². The first kappa shape index (κ1) is 15.9. The molecule has 6 nitrogen and oxygen atoms in total. The molecule has 0 spiro atoms. The highest BCUT2D eigenvalue weighted by atomic mass is 16.2. The van der Waals surface area contributed by atoms with Crippen molar-refractivity contribution in [3.63, 3.8) is 0 Å². The molecule has 3 aromatic rings. The maximum atomic E-state index is 12.6. The molecule has 2 aromatic heterocycles. The third-order valence-corrected chi connectivity index (χ3v) is 3.78. The molecule has 0 aliphatic rings. The Balaban J connectivity index is 1.69. The van der Waals surface area contributed by atoms with E-state index in [4.69, 9.17) is 0 Å². The van der Waals surface area contributed by atoms with Crippen LogP contribution in [-0.2, 0) is 11.2 Å². The van der Waals surface area contributed by atoms with Gasteiger partial charge in [-0.1, -0.05) is 44.2 Å². The summed E-state index contributed by atoms with van der Waals surface area (Å²) in [7, 11) is 0. The van der Waals surface area contributed by atoms with Crippen LogP contribution in [0.5, 0.6) is 0 Å². The van der Waals surface area contributed by atoms with Crippen LogP contribution in [0.25, 0.3) is 11.4 Å². The van der Waals surface area contributed by atoms with Crippen molar-refractivity contribution in [3.8, 4) is 11.4 Å². The van der Waals surface area contributed by atoms with Gasteiger partial charge in [-0.3, -0.25) is 15.1 Å². The van der Waals surface area contributed by atoms with Crippen molar-refractivity contribution >= 4 is 11.9 Å². The number of nitrogens with one attached hydrogen (secondary N) is 2. The molecule has 0 unspecified atom stereocenters. The number of hydrogen-bond donors (Lipinski definition) is 2. The summed E-state index contributed by atoms with van der Waals surface area (Å²) in [5, 5.41) is 10.9. The van der Waals surface area contributed by atoms with Crippen LogP contribution in [0.2, 0.25) is 0 Å². The van der Waals surface area contributed by atoms with Gasteiger partial charge in [0, 0.05) is 23.4 Å². The van der Waals surface area contributed by atoms with E-state index >= 15 is 0 Å². The summed E-state index contributed by atoms with van der Waals surface area (Å²) >= 11 is 0. The van der Waals surface area contributed by atoms with Crippen LogP contribution >= 0.6 is 0 Å². The second-order valence-electron chi connectivity index (χ2n) is 6.26. The highest BCUT2D eigenvalue weighted by Gasteiger charge is 2.28. The highest BCUT2D eigenvalue weighted by molar-refractivity contribution is 5.93. The Hall–Kier alpha value is -3.02. The summed E-state index contributed by atoms with van der Waals surface area (Å²) in [4.78, 5) is 19.6. The topological polar surface area (TPSA) is 83.6 Å². The van der Waals surface area contributed by atoms with Crippen molar-refractivity contribution in [1.82, 2.24) is 20.2 Å². The summed E-state index contributed by atoms with van der Waals surface area (Å²) in [6, 6.07) is 13.6. The molecule has 0 atom stereocenters. The van der Waals surface area contributed by atoms with E-state index in [-0.39, 0.29) is 5.91 Å². The van der Waals surface area contributed by atoms with E-state index in [9.17, 15) is 4.79 Å². The van der Waals surface area contributed by atoms with Gasteiger partial charge in [-0.25, -0.2) is 0 Å². The van der Waals surface area contributed by atoms with E-state index in [0.717, 1.165) is 11.1 Å². The SMILES string of the molecule is CC(C)(Cc1ccccc1)C(=O)Nc1nnc(-c2ccncc2)[nH]1. The number of pyridine rings is 1. The quantitative estimate of drug-likeness (QED) is 0.756. The normalized spacial score (nSPS) is 11.2. The molecular weight excluding hydrogens is 302 g/mol. The third kappa shape index (κ3) is 3.65. The molecule has 0 aliphatic heterocycles. The summed E-state index contributed by atoms with van der Waals surface area (Å²) in [5.41, 5.74) is 1.42. The molecule has 0 aliphatic carbocycles. The van der Waals surface area contributed by atoms with Crippen LogP contribution in [-0.4, -0.2) is 26.1 Å². The summed E-state index contributed by atoms with van der Waals surface area (Å²) < 4.78 is 0. The molecule has 2 heterocycles. The maximum absolute atomic E-state index is 12.6. The Kier molecular flexibility index (Phi) is 4.37. The van der Waals surface area contributed by atoms with Gasteiger partial charge < -0.3 is 4.98 Å². The van der Waals surface area contributed by atoms with Crippen LogP contribution < -0.4 is 5.32 Å². The summed E-state index contributed by atoms with van der Waals surface area (Å²) in [6.07, 6.45) is 4.00. The first-order valence-corrected chi connectivity index (χ1v) is 7.73. The molecule has 1 amide bonds. The standard InChI is InChI=1S/C18H19N5O/c1-18(2,12-13-6-4-3-5-7-13)16(24)21-17-20-15(22-23-17)14-8-10-19-11-9-14/h3-11H,12H2,1-2H3,(H2,20,21,22,23,24). The van der Waals surface area contributed by atoms with Gasteiger partial charge in [-0.2, -0.15) is 0 Å². The Morgan fingerprint density at radius 1 is 1.08 bits per heavy atom. The zero-order valence-electron chi connectivity index (χ0n) is 13.7. The van der Waals surface area contributed by atoms with E-state index in [0.29, 0.717) is 18.2 Å². The van der Waals surface area contributed by atoms with E-state index in [2.05, 4.69) is 25.5 Å². The van der Waals surface area contributed by atoms with Gasteiger partial charge >= 0.3 is 0 Å². The number of H-pyrrole nitrogens is 1. The molecule has 24 heavy (non-hydrogen) atoms.